The lowest BCUT2D eigenvalue weighted by Crippen LogP contribution is -2.14. The summed E-state index contributed by atoms with van der Waals surface area (Å²) in [6, 6.07) is 12.4. The van der Waals surface area contributed by atoms with Crippen LogP contribution in [0.2, 0.25) is 10.0 Å². The lowest BCUT2D eigenvalue weighted by atomic mass is 10.2. The number of hydrogen-bond acceptors (Lipinski definition) is 5. The van der Waals surface area contributed by atoms with Crippen molar-refractivity contribution in [1.29, 1.82) is 0 Å². The number of tetrazole rings is 1. The van der Waals surface area contributed by atoms with Crippen LogP contribution in [0.4, 0.5) is 5.69 Å². The van der Waals surface area contributed by atoms with Crippen LogP contribution in [-0.2, 0) is 4.79 Å². The van der Waals surface area contributed by atoms with Gasteiger partial charge in [-0.15, -0.1) is 22.0 Å². The summed E-state index contributed by atoms with van der Waals surface area (Å²) < 4.78 is 0. The number of nitrogens with one attached hydrogen (secondary N) is 2. The molecule has 0 fully saturated rings. The molecule has 0 saturated carbocycles. The number of hydrogen-bond donors (Lipinski definition) is 2. The average Bonchev–Trinajstić information content (AvgIpc) is 3.10. The van der Waals surface area contributed by atoms with Gasteiger partial charge in [-0.1, -0.05) is 35.3 Å². The molecular weight excluding hydrogens is 369 g/mol. The van der Waals surface area contributed by atoms with Crippen LogP contribution in [0.5, 0.6) is 0 Å². The third-order valence-electron chi connectivity index (χ3n) is 3.00. The number of halogens is 2. The summed E-state index contributed by atoms with van der Waals surface area (Å²) in [5, 5.41) is 17.7. The minimum Gasteiger partial charge on any atom is -0.325 e. The zero-order valence-electron chi connectivity index (χ0n) is 12.2. The minimum absolute atomic E-state index is 0.152. The second-order valence-corrected chi connectivity index (χ2v) is 6.59. The summed E-state index contributed by atoms with van der Waals surface area (Å²) in [7, 11) is 0. The monoisotopic (exact) mass is 379 g/mol. The molecule has 3 rings (SSSR count). The van der Waals surface area contributed by atoms with Crippen molar-refractivity contribution in [3.63, 3.8) is 0 Å². The molecule has 0 aliphatic heterocycles. The molecule has 1 heterocycles. The Labute approximate surface area is 151 Å². The highest BCUT2D eigenvalue weighted by Gasteiger charge is 2.09. The van der Waals surface area contributed by atoms with Crippen LogP contribution >= 0.6 is 35.0 Å². The maximum Gasteiger partial charge on any atom is 0.234 e. The number of rotatable bonds is 5. The van der Waals surface area contributed by atoms with E-state index < -0.39 is 0 Å². The van der Waals surface area contributed by atoms with Crippen molar-refractivity contribution < 1.29 is 4.79 Å². The Morgan fingerprint density at radius 3 is 2.88 bits per heavy atom. The number of thioether (sulfide) groups is 1. The Balaban J connectivity index is 1.63. The molecule has 3 aromatic rings. The Morgan fingerprint density at radius 2 is 2.08 bits per heavy atom. The van der Waals surface area contributed by atoms with Gasteiger partial charge >= 0.3 is 0 Å². The Hall–Kier alpha value is -2.09. The largest absolute Gasteiger partial charge is 0.325 e. The van der Waals surface area contributed by atoms with Crippen LogP contribution < -0.4 is 5.32 Å². The van der Waals surface area contributed by atoms with Crippen LogP contribution in [0.25, 0.3) is 11.4 Å². The highest BCUT2D eigenvalue weighted by atomic mass is 35.5. The number of H-pyrrole nitrogens is 1. The van der Waals surface area contributed by atoms with Crippen molar-refractivity contribution >= 4 is 46.6 Å². The summed E-state index contributed by atoms with van der Waals surface area (Å²) in [5.41, 5.74) is 1.41. The average molecular weight is 380 g/mol. The SMILES string of the molecule is O=C(CSc1cc(Cl)ccc1Cl)Nc1cccc(-c2nn[nH]n2)c1. The summed E-state index contributed by atoms with van der Waals surface area (Å²) in [4.78, 5) is 12.9. The molecule has 6 nitrogen and oxygen atoms in total. The number of carbonyl (C=O) groups excluding carboxylic acids is 1. The van der Waals surface area contributed by atoms with Crippen molar-refractivity contribution in [2.45, 2.75) is 4.90 Å². The third-order valence-corrected chi connectivity index (χ3v) is 4.73. The Morgan fingerprint density at radius 1 is 1.21 bits per heavy atom. The summed E-state index contributed by atoms with van der Waals surface area (Å²) in [6.45, 7) is 0. The zero-order chi connectivity index (χ0) is 16.9. The van der Waals surface area contributed by atoms with E-state index in [1.165, 1.54) is 11.8 Å². The van der Waals surface area contributed by atoms with Crippen LogP contribution in [0, 0.1) is 0 Å². The molecule has 0 unspecified atom stereocenters. The molecule has 1 amide bonds. The van der Waals surface area contributed by atoms with Gasteiger partial charge in [-0.2, -0.15) is 5.21 Å². The van der Waals surface area contributed by atoms with Crippen molar-refractivity contribution in [3.05, 3.63) is 52.5 Å². The van der Waals surface area contributed by atoms with Gasteiger partial charge < -0.3 is 5.32 Å². The Bertz CT molecular complexity index is 857. The third kappa shape index (κ3) is 4.25. The second kappa shape index (κ2) is 7.65. The van der Waals surface area contributed by atoms with Crippen LogP contribution in [-0.4, -0.2) is 32.3 Å². The predicted molar refractivity (Wildman–Crippen MR) is 95.4 cm³/mol. The van der Waals surface area contributed by atoms with Crippen LogP contribution in [0.1, 0.15) is 0 Å². The molecule has 0 spiro atoms. The van der Waals surface area contributed by atoms with Gasteiger partial charge in [-0.3, -0.25) is 4.79 Å². The van der Waals surface area contributed by atoms with Gasteiger partial charge in [-0.05, 0) is 35.5 Å². The van der Waals surface area contributed by atoms with Crippen molar-refractivity contribution in [1.82, 2.24) is 20.6 Å². The standard InChI is InChI=1S/C15H11Cl2N5OS/c16-10-4-5-12(17)13(7-10)24-8-14(23)18-11-3-1-2-9(6-11)15-19-21-22-20-15/h1-7H,8H2,(H,18,23)(H,19,20,21,22). The van der Waals surface area contributed by atoms with Crippen molar-refractivity contribution in [2.24, 2.45) is 0 Å². The molecule has 9 heteroatoms. The number of carbonyl (C=O) groups is 1. The second-order valence-electron chi connectivity index (χ2n) is 4.73. The first-order valence-electron chi connectivity index (χ1n) is 6.83. The van der Waals surface area contributed by atoms with Gasteiger partial charge in [0.1, 0.15) is 0 Å². The lowest BCUT2D eigenvalue weighted by Gasteiger charge is -2.07. The number of aromatic nitrogens is 4. The van der Waals surface area contributed by atoms with E-state index in [2.05, 4.69) is 25.9 Å². The topological polar surface area (TPSA) is 83.6 Å². The minimum atomic E-state index is -0.152. The first-order chi connectivity index (χ1) is 11.6. The zero-order valence-corrected chi connectivity index (χ0v) is 14.5. The molecule has 2 aromatic carbocycles. The summed E-state index contributed by atoms with van der Waals surface area (Å²) >= 11 is 13.3. The van der Waals surface area contributed by atoms with E-state index in [9.17, 15) is 4.79 Å². The molecule has 0 bridgehead atoms. The van der Waals surface area contributed by atoms with E-state index in [1.807, 2.05) is 12.1 Å². The van der Waals surface area contributed by atoms with E-state index in [-0.39, 0.29) is 11.7 Å². The molecular formula is C15H11Cl2N5OS. The molecule has 0 atom stereocenters. The maximum atomic E-state index is 12.1. The highest BCUT2D eigenvalue weighted by Crippen LogP contribution is 2.30. The number of anilines is 1. The van der Waals surface area contributed by atoms with Gasteiger partial charge in [0.05, 0.1) is 10.8 Å². The molecule has 0 saturated heterocycles. The highest BCUT2D eigenvalue weighted by molar-refractivity contribution is 8.00. The number of amides is 1. The normalized spacial score (nSPS) is 10.6. The van der Waals surface area contributed by atoms with Gasteiger partial charge in [0.2, 0.25) is 11.7 Å². The van der Waals surface area contributed by atoms with Crippen molar-refractivity contribution in [2.75, 3.05) is 11.1 Å². The fourth-order valence-corrected chi connectivity index (χ4v) is 3.24. The molecule has 2 N–H and O–H groups in total. The van der Waals surface area contributed by atoms with Crippen LogP contribution in [0.15, 0.2) is 47.4 Å². The number of nitrogens with zero attached hydrogens (tertiary/aromatic N) is 3. The van der Waals surface area contributed by atoms with Crippen LogP contribution in [0.3, 0.4) is 0 Å². The number of benzene rings is 2. The first kappa shape index (κ1) is 16.8. The van der Waals surface area contributed by atoms with E-state index in [1.54, 1.807) is 30.3 Å². The van der Waals surface area contributed by atoms with Gasteiger partial charge in [0, 0.05) is 21.2 Å². The van der Waals surface area contributed by atoms with Crippen molar-refractivity contribution in [3.8, 4) is 11.4 Å². The molecule has 0 aliphatic carbocycles. The summed E-state index contributed by atoms with van der Waals surface area (Å²) in [5.74, 6) is 0.527. The Kier molecular flexibility index (Phi) is 5.34. The summed E-state index contributed by atoms with van der Waals surface area (Å²) in [6.07, 6.45) is 0. The van der Waals surface area contributed by atoms with E-state index in [4.69, 9.17) is 23.2 Å². The lowest BCUT2D eigenvalue weighted by molar-refractivity contribution is -0.113. The molecule has 0 aliphatic rings. The van der Waals surface area contributed by atoms with Gasteiger partial charge in [0.25, 0.3) is 0 Å². The maximum absolute atomic E-state index is 12.1. The molecule has 24 heavy (non-hydrogen) atoms. The predicted octanol–water partition coefficient (Wildman–Crippen LogP) is 3.90. The van der Waals surface area contributed by atoms with E-state index in [0.717, 1.165) is 10.5 Å². The fourth-order valence-electron chi connectivity index (χ4n) is 1.95. The van der Waals surface area contributed by atoms with E-state index in [0.29, 0.717) is 21.6 Å². The fraction of sp³-hybridized carbons (Fsp3) is 0.0667. The smallest absolute Gasteiger partial charge is 0.234 e. The van der Waals surface area contributed by atoms with Gasteiger partial charge in [-0.25, -0.2) is 0 Å². The molecule has 122 valence electrons. The quantitative estimate of drug-likeness (QED) is 0.656. The molecule has 0 radical (unpaired) electrons. The number of aromatic amines is 1. The first-order valence-corrected chi connectivity index (χ1v) is 8.57. The molecule has 1 aromatic heterocycles. The van der Waals surface area contributed by atoms with E-state index >= 15 is 0 Å². The van der Waals surface area contributed by atoms with Gasteiger partial charge in [0.15, 0.2) is 0 Å².